The zero-order valence-corrected chi connectivity index (χ0v) is 10.4. The Balaban J connectivity index is 2.12. The lowest BCUT2D eigenvalue weighted by Crippen LogP contribution is -2.10. The van der Waals surface area contributed by atoms with Crippen molar-refractivity contribution in [2.75, 3.05) is 0 Å². The molecule has 0 amide bonds. The van der Waals surface area contributed by atoms with Gasteiger partial charge in [-0.1, -0.05) is 40.2 Å². The first-order valence-electron chi connectivity index (χ1n) is 5.24. The van der Waals surface area contributed by atoms with Crippen molar-refractivity contribution in [3.05, 3.63) is 64.1 Å². The molecule has 82 valence electrons. The van der Waals surface area contributed by atoms with Gasteiger partial charge in [0.15, 0.2) is 0 Å². The van der Waals surface area contributed by atoms with Crippen LogP contribution in [0.25, 0.3) is 0 Å². The van der Waals surface area contributed by atoms with Crippen LogP contribution < -0.4 is 0 Å². The summed E-state index contributed by atoms with van der Waals surface area (Å²) in [6.07, 6.45) is 0. The average Bonchev–Trinajstić information content (AvgIpc) is 2.68. The standard InChI is InChI=1S/C14H8BrNO/c15-10-5-3-4-9(8-10)13-14(17)11-6-1-2-7-12(11)16-13/h1-8H. The largest absolute Gasteiger partial charge is 0.287 e. The van der Waals surface area contributed by atoms with Crippen molar-refractivity contribution in [3.8, 4) is 0 Å². The lowest BCUT2D eigenvalue weighted by atomic mass is 10.0. The fourth-order valence-electron chi connectivity index (χ4n) is 1.89. The number of nitrogens with zero attached hydrogens (tertiary/aromatic N) is 1. The van der Waals surface area contributed by atoms with Crippen LogP contribution in [-0.2, 0) is 0 Å². The van der Waals surface area contributed by atoms with Crippen molar-refractivity contribution in [1.82, 2.24) is 0 Å². The smallest absolute Gasteiger partial charge is 0.214 e. The summed E-state index contributed by atoms with van der Waals surface area (Å²) >= 11 is 3.40. The Bertz CT molecular complexity index is 646. The lowest BCUT2D eigenvalue weighted by molar-refractivity contribution is 0.107. The Morgan fingerprint density at radius 3 is 2.59 bits per heavy atom. The number of fused-ring (bicyclic) bond motifs is 1. The third-order valence-corrected chi connectivity index (χ3v) is 3.19. The monoisotopic (exact) mass is 285 g/mol. The highest BCUT2D eigenvalue weighted by Gasteiger charge is 2.24. The molecule has 0 aromatic heterocycles. The fraction of sp³-hybridized carbons (Fsp3) is 0. The summed E-state index contributed by atoms with van der Waals surface area (Å²) in [5.41, 5.74) is 2.81. The molecule has 0 unspecified atom stereocenters. The van der Waals surface area contributed by atoms with Gasteiger partial charge in [-0.3, -0.25) is 4.79 Å². The molecule has 1 aliphatic rings. The van der Waals surface area contributed by atoms with E-state index < -0.39 is 0 Å². The minimum absolute atomic E-state index is 0.00120. The zero-order valence-electron chi connectivity index (χ0n) is 8.85. The summed E-state index contributed by atoms with van der Waals surface area (Å²) in [5, 5.41) is 0. The van der Waals surface area contributed by atoms with E-state index >= 15 is 0 Å². The summed E-state index contributed by atoms with van der Waals surface area (Å²) in [4.78, 5) is 16.6. The number of carbonyl (C=O) groups excluding carboxylic acids is 1. The second kappa shape index (κ2) is 3.93. The highest BCUT2D eigenvalue weighted by Crippen LogP contribution is 2.28. The molecule has 0 aliphatic carbocycles. The first-order valence-corrected chi connectivity index (χ1v) is 6.03. The van der Waals surface area contributed by atoms with Crippen molar-refractivity contribution in [2.24, 2.45) is 4.99 Å². The highest BCUT2D eigenvalue weighted by atomic mass is 79.9. The summed E-state index contributed by atoms with van der Waals surface area (Å²) in [5.74, 6) is -0.00120. The Labute approximate surface area is 107 Å². The van der Waals surface area contributed by atoms with Gasteiger partial charge in [-0.25, -0.2) is 4.99 Å². The molecule has 0 fully saturated rings. The van der Waals surface area contributed by atoms with Crippen LogP contribution >= 0.6 is 15.9 Å². The van der Waals surface area contributed by atoms with Gasteiger partial charge < -0.3 is 0 Å². The summed E-state index contributed by atoms with van der Waals surface area (Å²) in [7, 11) is 0. The molecule has 2 aromatic rings. The maximum absolute atomic E-state index is 12.2. The summed E-state index contributed by atoms with van der Waals surface area (Å²) in [6.45, 7) is 0. The second-order valence-electron chi connectivity index (χ2n) is 3.82. The summed E-state index contributed by atoms with van der Waals surface area (Å²) < 4.78 is 0.946. The Hall–Kier alpha value is -1.74. The zero-order chi connectivity index (χ0) is 11.8. The molecule has 2 nitrogen and oxygen atoms in total. The summed E-state index contributed by atoms with van der Waals surface area (Å²) in [6, 6.07) is 15.0. The number of halogens is 1. The van der Waals surface area contributed by atoms with Crippen LogP contribution in [0, 0.1) is 0 Å². The molecule has 0 saturated heterocycles. The Morgan fingerprint density at radius 2 is 1.82 bits per heavy atom. The Morgan fingerprint density at radius 1 is 1.00 bits per heavy atom. The van der Waals surface area contributed by atoms with E-state index in [1.807, 2.05) is 48.5 Å². The van der Waals surface area contributed by atoms with E-state index in [4.69, 9.17) is 0 Å². The van der Waals surface area contributed by atoms with Gasteiger partial charge in [0.1, 0.15) is 5.71 Å². The van der Waals surface area contributed by atoms with E-state index in [9.17, 15) is 4.79 Å². The number of aliphatic imine (C=N–C) groups is 1. The van der Waals surface area contributed by atoms with Crippen molar-refractivity contribution in [3.63, 3.8) is 0 Å². The van der Waals surface area contributed by atoms with E-state index in [0.29, 0.717) is 11.3 Å². The number of hydrogen-bond acceptors (Lipinski definition) is 2. The maximum Gasteiger partial charge on any atom is 0.214 e. The molecule has 0 spiro atoms. The van der Waals surface area contributed by atoms with Crippen LogP contribution in [0.3, 0.4) is 0 Å². The molecule has 1 heterocycles. The van der Waals surface area contributed by atoms with Crippen molar-refractivity contribution in [1.29, 1.82) is 0 Å². The predicted molar refractivity (Wildman–Crippen MR) is 71.1 cm³/mol. The third-order valence-electron chi connectivity index (χ3n) is 2.69. The quantitative estimate of drug-likeness (QED) is 0.784. The maximum atomic E-state index is 12.2. The molecule has 0 atom stereocenters. The van der Waals surface area contributed by atoms with Crippen LogP contribution in [0.1, 0.15) is 15.9 Å². The van der Waals surface area contributed by atoms with Crippen molar-refractivity contribution < 1.29 is 4.79 Å². The number of rotatable bonds is 1. The third kappa shape index (κ3) is 1.72. The molecule has 3 rings (SSSR count). The van der Waals surface area contributed by atoms with Gasteiger partial charge in [0, 0.05) is 15.6 Å². The van der Waals surface area contributed by atoms with Crippen LogP contribution in [0.2, 0.25) is 0 Å². The van der Waals surface area contributed by atoms with Crippen LogP contribution in [0.4, 0.5) is 5.69 Å². The first-order chi connectivity index (χ1) is 8.25. The lowest BCUT2D eigenvalue weighted by Gasteiger charge is -1.99. The number of hydrogen-bond donors (Lipinski definition) is 0. The van der Waals surface area contributed by atoms with Gasteiger partial charge in [-0.05, 0) is 24.3 Å². The van der Waals surface area contributed by atoms with E-state index in [1.165, 1.54) is 0 Å². The average molecular weight is 286 g/mol. The molecule has 1 aliphatic heterocycles. The number of Topliss-reactive ketones (excluding diaryl/α,β-unsaturated/α-hetero) is 1. The van der Waals surface area contributed by atoms with Gasteiger partial charge >= 0.3 is 0 Å². The SMILES string of the molecule is O=C1C(c2cccc(Br)c2)=Nc2ccccc21. The fourth-order valence-corrected chi connectivity index (χ4v) is 2.29. The number of para-hydroxylation sites is 1. The Kier molecular flexibility index (Phi) is 2.41. The molecule has 0 radical (unpaired) electrons. The molecular weight excluding hydrogens is 278 g/mol. The van der Waals surface area contributed by atoms with Gasteiger partial charge in [-0.15, -0.1) is 0 Å². The minimum atomic E-state index is -0.00120. The van der Waals surface area contributed by atoms with E-state index in [2.05, 4.69) is 20.9 Å². The molecule has 0 bridgehead atoms. The van der Waals surface area contributed by atoms with E-state index in [-0.39, 0.29) is 5.78 Å². The molecular formula is C14H8BrNO. The van der Waals surface area contributed by atoms with Crippen LogP contribution in [-0.4, -0.2) is 11.5 Å². The minimum Gasteiger partial charge on any atom is -0.287 e. The van der Waals surface area contributed by atoms with Crippen LogP contribution in [0.15, 0.2) is 58.0 Å². The topological polar surface area (TPSA) is 29.4 Å². The van der Waals surface area contributed by atoms with Crippen LogP contribution in [0.5, 0.6) is 0 Å². The van der Waals surface area contributed by atoms with E-state index in [1.54, 1.807) is 0 Å². The molecule has 0 saturated carbocycles. The van der Waals surface area contributed by atoms with Gasteiger partial charge in [0.05, 0.1) is 5.69 Å². The van der Waals surface area contributed by atoms with Gasteiger partial charge in [0.25, 0.3) is 0 Å². The van der Waals surface area contributed by atoms with E-state index in [0.717, 1.165) is 15.7 Å². The normalized spacial score (nSPS) is 13.5. The van der Waals surface area contributed by atoms with Gasteiger partial charge in [-0.2, -0.15) is 0 Å². The number of carbonyl (C=O) groups is 1. The molecule has 2 aromatic carbocycles. The number of ketones is 1. The van der Waals surface area contributed by atoms with Crippen molar-refractivity contribution in [2.45, 2.75) is 0 Å². The van der Waals surface area contributed by atoms with Gasteiger partial charge in [0.2, 0.25) is 5.78 Å². The highest BCUT2D eigenvalue weighted by molar-refractivity contribution is 9.10. The first kappa shape index (κ1) is 10.4. The second-order valence-corrected chi connectivity index (χ2v) is 4.73. The number of benzene rings is 2. The molecule has 17 heavy (non-hydrogen) atoms. The van der Waals surface area contributed by atoms with Crippen molar-refractivity contribution >= 4 is 33.1 Å². The molecule has 0 N–H and O–H groups in total. The molecule has 3 heteroatoms. The predicted octanol–water partition coefficient (Wildman–Crippen LogP) is 3.77.